The van der Waals surface area contributed by atoms with Crippen LogP contribution in [0.1, 0.15) is 5.56 Å². The average molecular weight is 300 g/mol. The van der Waals surface area contributed by atoms with Gasteiger partial charge in [-0.2, -0.15) is 0 Å². The van der Waals surface area contributed by atoms with Crippen molar-refractivity contribution < 1.29 is 13.2 Å². The fraction of sp³-hybridized carbons (Fsp3) is 0.0769. The van der Waals surface area contributed by atoms with E-state index in [1.165, 1.54) is 12.1 Å². The van der Waals surface area contributed by atoms with Gasteiger partial charge in [-0.05, 0) is 52.7 Å². The van der Waals surface area contributed by atoms with Gasteiger partial charge >= 0.3 is 0 Å². The van der Waals surface area contributed by atoms with Crippen LogP contribution in [0, 0.1) is 30.4 Å². The van der Waals surface area contributed by atoms with E-state index in [2.05, 4.69) is 22.0 Å². The highest BCUT2D eigenvalue weighted by Gasteiger charge is 2.15. The zero-order valence-corrected chi connectivity index (χ0v) is 10.4. The van der Waals surface area contributed by atoms with E-state index in [1.807, 2.05) is 0 Å². The zero-order chi connectivity index (χ0) is 12.6. The summed E-state index contributed by atoms with van der Waals surface area (Å²) >= 11 is 3.10. The number of hydrogen-bond acceptors (Lipinski definition) is 0. The quantitative estimate of drug-likeness (QED) is 0.719. The summed E-state index contributed by atoms with van der Waals surface area (Å²) in [5.74, 6) is -2.04. The van der Waals surface area contributed by atoms with E-state index in [1.54, 1.807) is 6.92 Å². The summed E-state index contributed by atoms with van der Waals surface area (Å²) in [6.45, 7) is 1.59. The summed E-state index contributed by atoms with van der Waals surface area (Å²) in [5, 5.41) is 0. The molecule has 2 aromatic carbocycles. The molecule has 0 aromatic heterocycles. The Hall–Kier alpha value is -1.29. The fourth-order valence-electron chi connectivity index (χ4n) is 1.59. The van der Waals surface area contributed by atoms with Crippen LogP contribution in [0.3, 0.4) is 0 Å². The molecular weight excluding hydrogens is 293 g/mol. The molecule has 0 fully saturated rings. The molecule has 1 radical (unpaired) electrons. The molecule has 0 aliphatic rings. The van der Waals surface area contributed by atoms with E-state index in [0.29, 0.717) is 10.0 Å². The second-order valence-electron chi connectivity index (χ2n) is 3.65. The summed E-state index contributed by atoms with van der Waals surface area (Å²) in [7, 11) is 0. The monoisotopic (exact) mass is 299 g/mol. The predicted molar refractivity (Wildman–Crippen MR) is 63.0 cm³/mol. The molecule has 0 nitrogen and oxygen atoms in total. The molecule has 0 saturated carbocycles. The third kappa shape index (κ3) is 2.36. The topological polar surface area (TPSA) is 0 Å². The lowest BCUT2D eigenvalue weighted by molar-refractivity contribution is 0.586. The van der Waals surface area contributed by atoms with Gasteiger partial charge in [0, 0.05) is 16.1 Å². The summed E-state index contributed by atoms with van der Waals surface area (Å²) in [6.07, 6.45) is 0. The van der Waals surface area contributed by atoms with Crippen molar-refractivity contribution in [1.29, 1.82) is 0 Å². The van der Waals surface area contributed by atoms with Crippen LogP contribution in [0.25, 0.3) is 11.1 Å². The highest BCUT2D eigenvalue weighted by Crippen LogP contribution is 2.33. The molecule has 2 rings (SSSR count). The molecule has 0 unspecified atom stereocenters. The second kappa shape index (κ2) is 4.53. The molecule has 0 amide bonds. The predicted octanol–water partition coefficient (Wildman–Crippen LogP) is 4.64. The van der Waals surface area contributed by atoms with Crippen LogP contribution in [0.5, 0.6) is 0 Å². The smallest absolute Gasteiger partial charge is 0.134 e. The van der Waals surface area contributed by atoms with Gasteiger partial charge in [0.25, 0.3) is 0 Å². The summed E-state index contributed by atoms with van der Waals surface area (Å²) in [5.41, 5.74) is 0.332. The van der Waals surface area contributed by atoms with Gasteiger partial charge in [0.2, 0.25) is 0 Å². The largest absolute Gasteiger partial charge is 0.207 e. The fourth-order valence-corrected chi connectivity index (χ4v) is 2.02. The van der Waals surface area contributed by atoms with Crippen molar-refractivity contribution in [3.05, 3.63) is 57.8 Å². The summed E-state index contributed by atoms with van der Waals surface area (Å²) in [6, 6.07) is 7.11. The van der Waals surface area contributed by atoms with Crippen molar-refractivity contribution in [3.63, 3.8) is 0 Å². The summed E-state index contributed by atoms with van der Waals surface area (Å²) in [4.78, 5) is 0. The van der Waals surface area contributed by atoms with Crippen LogP contribution in [-0.4, -0.2) is 0 Å². The van der Waals surface area contributed by atoms with Crippen LogP contribution < -0.4 is 0 Å². The van der Waals surface area contributed by atoms with Gasteiger partial charge in [0.05, 0.1) is 5.56 Å². The molecule has 0 bridgehead atoms. The van der Waals surface area contributed by atoms with E-state index in [0.717, 1.165) is 12.1 Å². The highest BCUT2D eigenvalue weighted by atomic mass is 79.9. The van der Waals surface area contributed by atoms with E-state index in [-0.39, 0.29) is 11.1 Å². The van der Waals surface area contributed by atoms with Gasteiger partial charge in [-0.3, -0.25) is 0 Å². The number of aryl methyl sites for hydroxylation is 1. The van der Waals surface area contributed by atoms with Gasteiger partial charge in [-0.25, -0.2) is 13.2 Å². The first kappa shape index (κ1) is 12.2. The molecule has 87 valence electrons. The van der Waals surface area contributed by atoms with E-state index < -0.39 is 17.5 Å². The lowest BCUT2D eigenvalue weighted by atomic mass is 10.0. The molecule has 0 heterocycles. The van der Waals surface area contributed by atoms with Gasteiger partial charge < -0.3 is 0 Å². The zero-order valence-electron chi connectivity index (χ0n) is 8.82. The Balaban J connectivity index is 2.72. The van der Waals surface area contributed by atoms with Gasteiger partial charge in [0.15, 0.2) is 0 Å². The molecule has 0 atom stereocenters. The van der Waals surface area contributed by atoms with Crippen molar-refractivity contribution in [2.75, 3.05) is 0 Å². The Labute approximate surface area is 105 Å². The lowest BCUT2D eigenvalue weighted by Gasteiger charge is -2.08. The van der Waals surface area contributed by atoms with E-state index >= 15 is 0 Å². The standard InChI is InChI=1S/C13H7BrF3/c1-7-4-11(16)13(12(17)5-7)9-6-8(15)2-3-10(9)14/h2,4-6H,1H3. The van der Waals surface area contributed by atoms with Crippen molar-refractivity contribution >= 4 is 15.9 Å². The Kier molecular flexibility index (Phi) is 3.24. The average Bonchev–Trinajstić information content (AvgIpc) is 2.21. The Morgan fingerprint density at radius 1 is 1.06 bits per heavy atom. The molecule has 4 heteroatoms. The molecule has 2 aromatic rings. The van der Waals surface area contributed by atoms with Gasteiger partial charge in [0.1, 0.15) is 17.5 Å². The highest BCUT2D eigenvalue weighted by molar-refractivity contribution is 9.10. The molecule has 0 spiro atoms. The van der Waals surface area contributed by atoms with Crippen LogP contribution in [0.2, 0.25) is 0 Å². The number of halogens is 4. The number of hydrogen-bond donors (Lipinski definition) is 0. The van der Waals surface area contributed by atoms with Crippen LogP contribution in [-0.2, 0) is 0 Å². The molecule has 0 aliphatic carbocycles. The number of rotatable bonds is 1. The maximum Gasteiger partial charge on any atom is 0.134 e. The maximum atomic E-state index is 13.7. The molecule has 0 saturated heterocycles. The lowest BCUT2D eigenvalue weighted by Crippen LogP contribution is -1.93. The first-order chi connectivity index (χ1) is 7.99. The first-order valence-electron chi connectivity index (χ1n) is 4.82. The molecule has 0 N–H and O–H groups in total. The van der Waals surface area contributed by atoms with Crippen molar-refractivity contribution in [2.45, 2.75) is 6.92 Å². The third-order valence-corrected chi connectivity index (χ3v) is 2.97. The van der Waals surface area contributed by atoms with Crippen molar-refractivity contribution in [1.82, 2.24) is 0 Å². The SMILES string of the molecule is Cc1cc(F)c(-c2cc(F)c[c]c2Br)c(F)c1. The van der Waals surface area contributed by atoms with Gasteiger partial charge in [-0.15, -0.1) is 0 Å². The third-order valence-electron chi connectivity index (χ3n) is 2.31. The molecule has 0 aliphatic heterocycles. The van der Waals surface area contributed by atoms with E-state index in [4.69, 9.17) is 0 Å². The van der Waals surface area contributed by atoms with Crippen LogP contribution in [0.15, 0.2) is 28.7 Å². The minimum absolute atomic E-state index is 0.111. The Morgan fingerprint density at radius 2 is 1.65 bits per heavy atom. The van der Waals surface area contributed by atoms with Crippen molar-refractivity contribution in [2.24, 2.45) is 0 Å². The summed E-state index contributed by atoms with van der Waals surface area (Å²) < 4.78 is 40.8. The number of benzene rings is 2. The molecule has 17 heavy (non-hydrogen) atoms. The second-order valence-corrected chi connectivity index (χ2v) is 4.44. The van der Waals surface area contributed by atoms with Crippen LogP contribution >= 0.6 is 15.9 Å². The first-order valence-corrected chi connectivity index (χ1v) is 5.61. The van der Waals surface area contributed by atoms with Crippen molar-refractivity contribution in [3.8, 4) is 11.1 Å². The minimum Gasteiger partial charge on any atom is -0.207 e. The van der Waals surface area contributed by atoms with E-state index in [9.17, 15) is 13.2 Å². The normalized spacial score (nSPS) is 10.6. The Bertz CT molecular complexity index is 556. The minimum atomic E-state index is -0.720. The molecular formula is C13H7BrF3. The maximum absolute atomic E-state index is 13.7. The van der Waals surface area contributed by atoms with Gasteiger partial charge in [-0.1, -0.05) is 0 Å². The Morgan fingerprint density at radius 3 is 2.24 bits per heavy atom. The van der Waals surface area contributed by atoms with Crippen LogP contribution in [0.4, 0.5) is 13.2 Å².